The number of alkyl halides is 2. The van der Waals surface area contributed by atoms with Crippen LogP contribution in [0.2, 0.25) is 0 Å². The van der Waals surface area contributed by atoms with Gasteiger partial charge in [-0.2, -0.15) is 8.78 Å². The van der Waals surface area contributed by atoms with Crippen LogP contribution >= 0.6 is 0 Å². The number of anilines is 1. The van der Waals surface area contributed by atoms with Crippen molar-refractivity contribution in [3.05, 3.63) is 53.6 Å². The van der Waals surface area contributed by atoms with Crippen molar-refractivity contribution in [2.24, 2.45) is 0 Å². The molecule has 0 aromatic heterocycles. The van der Waals surface area contributed by atoms with Crippen LogP contribution in [-0.4, -0.2) is 17.6 Å². The van der Waals surface area contributed by atoms with E-state index >= 15 is 0 Å². The minimum atomic E-state index is -2.89. The van der Waals surface area contributed by atoms with Crippen molar-refractivity contribution in [2.75, 3.05) is 5.32 Å². The summed E-state index contributed by atoms with van der Waals surface area (Å²) < 4.78 is 28.2. The average molecular weight is 293 g/mol. The van der Waals surface area contributed by atoms with Crippen LogP contribution in [0.15, 0.2) is 42.5 Å². The van der Waals surface area contributed by atoms with Crippen LogP contribution in [0.1, 0.15) is 15.9 Å². The fraction of sp³-hybridized carbons (Fsp3) is 0.133. The van der Waals surface area contributed by atoms with Crippen LogP contribution < -0.4 is 10.1 Å². The second-order valence-corrected chi connectivity index (χ2v) is 4.36. The van der Waals surface area contributed by atoms with Gasteiger partial charge in [-0.25, -0.2) is 0 Å². The molecule has 0 aliphatic carbocycles. The van der Waals surface area contributed by atoms with Gasteiger partial charge < -0.3 is 15.2 Å². The zero-order valence-electron chi connectivity index (χ0n) is 11.1. The molecular weight excluding hydrogens is 280 g/mol. The number of benzene rings is 2. The number of nitrogens with one attached hydrogen (secondary N) is 1. The van der Waals surface area contributed by atoms with Crippen LogP contribution in [0.4, 0.5) is 14.5 Å². The molecular formula is C15H13F2NO3. The van der Waals surface area contributed by atoms with Crippen molar-refractivity contribution in [1.82, 2.24) is 0 Å². The number of carbonyl (C=O) groups is 1. The summed E-state index contributed by atoms with van der Waals surface area (Å²) in [7, 11) is 0. The third-order valence-corrected chi connectivity index (χ3v) is 2.81. The number of hydrogen-bond acceptors (Lipinski definition) is 3. The van der Waals surface area contributed by atoms with Crippen LogP contribution in [-0.2, 0) is 0 Å². The first kappa shape index (κ1) is 14.8. The number of aryl methyl sites for hydroxylation is 1. The molecule has 0 aliphatic heterocycles. The molecule has 110 valence electrons. The first-order valence-electron chi connectivity index (χ1n) is 6.11. The van der Waals surface area contributed by atoms with Gasteiger partial charge in [0.1, 0.15) is 11.5 Å². The van der Waals surface area contributed by atoms with Crippen molar-refractivity contribution in [3.63, 3.8) is 0 Å². The number of amides is 1. The van der Waals surface area contributed by atoms with E-state index in [0.717, 1.165) is 0 Å². The summed E-state index contributed by atoms with van der Waals surface area (Å²) in [6.45, 7) is -1.17. The zero-order chi connectivity index (χ0) is 15.4. The predicted octanol–water partition coefficient (Wildman–Crippen LogP) is 3.55. The Morgan fingerprint density at radius 3 is 2.43 bits per heavy atom. The Kier molecular flexibility index (Phi) is 4.37. The highest BCUT2D eigenvalue weighted by molar-refractivity contribution is 6.04. The lowest BCUT2D eigenvalue weighted by molar-refractivity contribution is -0.0498. The molecule has 2 aromatic rings. The molecule has 0 heterocycles. The van der Waals surface area contributed by atoms with E-state index in [-0.39, 0.29) is 11.5 Å². The van der Waals surface area contributed by atoms with Crippen molar-refractivity contribution >= 4 is 11.6 Å². The number of phenols is 1. The Balaban J connectivity index is 2.06. The van der Waals surface area contributed by atoms with Gasteiger partial charge in [0.25, 0.3) is 5.91 Å². The lowest BCUT2D eigenvalue weighted by Gasteiger charge is -2.08. The summed E-state index contributed by atoms with van der Waals surface area (Å²) in [5.41, 5.74) is 1.40. The molecule has 0 atom stereocenters. The number of hydrogen-bond donors (Lipinski definition) is 2. The topological polar surface area (TPSA) is 58.6 Å². The number of phenolic OH excluding ortho intramolecular Hbond substituents is 1. The first-order chi connectivity index (χ1) is 9.95. The number of rotatable bonds is 4. The van der Waals surface area contributed by atoms with Crippen molar-refractivity contribution in [1.29, 1.82) is 0 Å². The Morgan fingerprint density at radius 2 is 1.86 bits per heavy atom. The molecule has 2 rings (SSSR count). The van der Waals surface area contributed by atoms with Gasteiger partial charge in [-0.1, -0.05) is 6.07 Å². The van der Waals surface area contributed by atoms with E-state index in [1.54, 1.807) is 19.1 Å². The van der Waals surface area contributed by atoms with Gasteiger partial charge in [0.15, 0.2) is 0 Å². The molecule has 0 fully saturated rings. The highest BCUT2D eigenvalue weighted by Crippen LogP contribution is 2.20. The van der Waals surface area contributed by atoms with E-state index in [1.807, 2.05) is 0 Å². The van der Waals surface area contributed by atoms with Crippen molar-refractivity contribution in [3.8, 4) is 11.5 Å². The Labute approximate surface area is 120 Å². The first-order valence-corrected chi connectivity index (χ1v) is 6.11. The SMILES string of the molecule is Cc1ccc(C(=O)Nc2ccc(OC(F)F)cc2)cc1O. The average Bonchev–Trinajstić information content (AvgIpc) is 2.43. The van der Waals surface area contributed by atoms with Gasteiger partial charge in [0, 0.05) is 11.3 Å². The quantitative estimate of drug-likeness (QED) is 0.906. The Bertz CT molecular complexity index is 642. The minimum absolute atomic E-state index is 0.0102. The fourth-order valence-corrected chi connectivity index (χ4v) is 1.67. The molecule has 2 aromatic carbocycles. The summed E-state index contributed by atoms with van der Waals surface area (Å²) >= 11 is 0. The van der Waals surface area contributed by atoms with Crippen LogP contribution in [0.25, 0.3) is 0 Å². The summed E-state index contributed by atoms with van der Waals surface area (Å²) in [4.78, 5) is 12.0. The van der Waals surface area contributed by atoms with Gasteiger partial charge in [0.2, 0.25) is 0 Å². The molecule has 0 saturated carbocycles. The monoisotopic (exact) mass is 293 g/mol. The second-order valence-electron chi connectivity index (χ2n) is 4.36. The number of carbonyl (C=O) groups excluding carboxylic acids is 1. The van der Waals surface area contributed by atoms with E-state index in [0.29, 0.717) is 16.8 Å². The normalized spacial score (nSPS) is 10.5. The molecule has 0 aliphatic rings. The van der Waals surface area contributed by atoms with E-state index in [2.05, 4.69) is 10.1 Å². The molecule has 4 nitrogen and oxygen atoms in total. The molecule has 0 radical (unpaired) electrons. The van der Waals surface area contributed by atoms with Crippen molar-refractivity contribution in [2.45, 2.75) is 13.5 Å². The third-order valence-electron chi connectivity index (χ3n) is 2.81. The lowest BCUT2D eigenvalue weighted by Crippen LogP contribution is -2.11. The van der Waals surface area contributed by atoms with E-state index in [4.69, 9.17) is 0 Å². The van der Waals surface area contributed by atoms with E-state index in [1.165, 1.54) is 30.3 Å². The molecule has 0 spiro atoms. The van der Waals surface area contributed by atoms with Crippen LogP contribution in [0.3, 0.4) is 0 Å². The van der Waals surface area contributed by atoms with Gasteiger partial charge in [-0.3, -0.25) is 4.79 Å². The molecule has 1 amide bonds. The van der Waals surface area contributed by atoms with Crippen LogP contribution in [0, 0.1) is 6.92 Å². The maximum Gasteiger partial charge on any atom is 0.387 e. The molecule has 0 unspecified atom stereocenters. The largest absolute Gasteiger partial charge is 0.508 e. The van der Waals surface area contributed by atoms with Gasteiger partial charge in [-0.05, 0) is 48.9 Å². The lowest BCUT2D eigenvalue weighted by atomic mass is 10.1. The predicted molar refractivity (Wildman–Crippen MR) is 73.9 cm³/mol. The van der Waals surface area contributed by atoms with Crippen LogP contribution in [0.5, 0.6) is 11.5 Å². The fourth-order valence-electron chi connectivity index (χ4n) is 1.67. The van der Waals surface area contributed by atoms with Gasteiger partial charge in [0.05, 0.1) is 0 Å². The molecule has 6 heteroatoms. The summed E-state index contributed by atoms with van der Waals surface area (Å²) in [6.07, 6.45) is 0. The van der Waals surface area contributed by atoms with Gasteiger partial charge in [-0.15, -0.1) is 0 Å². The summed E-state index contributed by atoms with van der Waals surface area (Å²) in [5, 5.41) is 12.2. The van der Waals surface area contributed by atoms with Gasteiger partial charge >= 0.3 is 6.61 Å². The standard InChI is InChI=1S/C15H13F2NO3/c1-9-2-3-10(8-13(9)19)14(20)18-11-4-6-12(7-5-11)21-15(16)17/h2-8,15,19H,1H3,(H,18,20). The molecule has 21 heavy (non-hydrogen) atoms. The summed E-state index contributed by atoms with van der Waals surface area (Å²) in [5.74, 6) is -0.368. The Morgan fingerprint density at radius 1 is 1.19 bits per heavy atom. The number of ether oxygens (including phenoxy) is 1. The van der Waals surface area contributed by atoms with Crippen molar-refractivity contribution < 1.29 is 23.4 Å². The second kappa shape index (κ2) is 6.21. The maximum atomic E-state index is 12.0. The minimum Gasteiger partial charge on any atom is -0.508 e. The number of aromatic hydroxyl groups is 1. The Hall–Kier alpha value is -2.63. The van der Waals surface area contributed by atoms with E-state index in [9.17, 15) is 18.7 Å². The summed E-state index contributed by atoms with van der Waals surface area (Å²) in [6, 6.07) is 10.1. The van der Waals surface area contributed by atoms with E-state index < -0.39 is 12.5 Å². The third kappa shape index (κ3) is 3.92. The molecule has 0 bridgehead atoms. The smallest absolute Gasteiger partial charge is 0.387 e. The molecule has 2 N–H and O–H groups in total. The molecule has 0 saturated heterocycles. The zero-order valence-corrected chi connectivity index (χ0v) is 11.1. The highest BCUT2D eigenvalue weighted by Gasteiger charge is 2.09. The number of halogens is 2. The highest BCUT2D eigenvalue weighted by atomic mass is 19.3. The maximum absolute atomic E-state index is 12.0.